The summed E-state index contributed by atoms with van der Waals surface area (Å²) in [5.74, 6) is 0.590. The summed E-state index contributed by atoms with van der Waals surface area (Å²) in [4.78, 5) is 42.7. The Bertz CT molecular complexity index is 2730. The van der Waals surface area contributed by atoms with E-state index in [9.17, 15) is 14.9 Å². The van der Waals surface area contributed by atoms with Crippen LogP contribution in [0, 0.1) is 17.9 Å². The van der Waals surface area contributed by atoms with Gasteiger partial charge in [0.15, 0.2) is 0 Å². The molecule has 13 nitrogen and oxygen atoms in total. The zero-order valence-electron chi connectivity index (χ0n) is 36.5. The molecule has 17 heteroatoms. The number of carbonyl (C=O) groups excluding carboxylic acids is 2. The van der Waals surface area contributed by atoms with Gasteiger partial charge in [-0.25, -0.2) is 4.85 Å². The molecule has 0 bridgehead atoms. The molecule has 4 heterocycles. The fourth-order valence-electron chi connectivity index (χ4n) is 7.74. The average Bonchev–Trinajstić information content (AvgIpc) is 3.38. The number of nitrogens with zero attached hydrogens (tertiary/aromatic N) is 6. The van der Waals surface area contributed by atoms with Gasteiger partial charge in [-0.2, -0.15) is 5.26 Å². The van der Waals surface area contributed by atoms with Gasteiger partial charge in [0.1, 0.15) is 55.5 Å². The number of hydrogen-bond acceptors (Lipinski definition) is 10. The molecule has 2 aromatic heterocycles. The van der Waals surface area contributed by atoms with Gasteiger partial charge in [0.25, 0.3) is 11.8 Å². The second-order valence-electron chi connectivity index (χ2n) is 15.9. The number of piperidine rings is 1. The van der Waals surface area contributed by atoms with Crippen molar-refractivity contribution in [2.45, 2.75) is 45.7 Å². The third-order valence-corrected chi connectivity index (χ3v) is 12.8. The quantitative estimate of drug-likeness (QED) is 0.0913. The summed E-state index contributed by atoms with van der Waals surface area (Å²) in [6.45, 7) is 10.4. The van der Waals surface area contributed by atoms with E-state index in [-0.39, 0.29) is 76.8 Å². The van der Waals surface area contributed by atoms with Crippen LogP contribution in [0.1, 0.15) is 67.8 Å². The van der Waals surface area contributed by atoms with E-state index in [1.807, 2.05) is 36.4 Å². The van der Waals surface area contributed by atoms with Crippen LogP contribution >= 0.6 is 46.4 Å². The Morgan fingerprint density at radius 2 is 1.13 bits per heavy atom. The maximum atomic E-state index is 13.8. The third kappa shape index (κ3) is 11.4. The summed E-state index contributed by atoms with van der Waals surface area (Å²) in [6, 6.07) is 22.7. The molecule has 0 aliphatic carbocycles. The van der Waals surface area contributed by atoms with Gasteiger partial charge in [0.2, 0.25) is 5.69 Å². The highest BCUT2D eigenvalue weighted by atomic mass is 35.5. The lowest BCUT2D eigenvalue weighted by atomic mass is 10.0. The zero-order valence-corrected chi connectivity index (χ0v) is 39.5. The van der Waals surface area contributed by atoms with Crippen LogP contribution in [0.25, 0.3) is 16.0 Å². The SMILES string of the molecule is [C-]#[N+]c1cncc(COc2cc(OCc3cccc(-c4cccc(COc5cc(OCc6cncc(C#N)c6)c(C(=O)N6CCCCC6)cc5Cl)c4Cl)c3Cl)c(Cl)cc2C(=O)N2CCOCC2)c1. The van der Waals surface area contributed by atoms with Gasteiger partial charge in [-0.1, -0.05) is 82.8 Å². The number of morpholine rings is 1. The van der Waals surface area contributed by atoms with Crippen molar-refractivity contribution in [2.75, 3.05) is 39.4 Å². The van der Waals surface area contributed by atoms with Gasteiger partial charge in [0.05, 0.1) is 56.6 Å². The molecule has 0 unspecified atom stereocenters. The first-order chi connectivity index (χ1) is 33.1. The highest BCUT2D eigenvalue weighted by molar-refractivity contribution is 6.37. The number of hydrogen-bond donors (Lipinski definition) is 0. The van der Waals surface area contributed by atoms with Crippen molar-refractivity contribution in [1.29, 1.82) is 5.26 Å². The summed E-state index contributed by atoms with van der Waals surface area (Å²) >= 11 is 27.8. The predicted octanol–water partition coefficient (Wildman–Crippen LogP) is 11.6. The van der Waals surface area contributed by atoms with Gasteiger partial charge in [0, 0.05) is 90.9 Å². The molecule has 0 spiro atoms. The van der Waals surface area contributed by atoms with Gasteiger partial charge in [-0.3, -0.25) is 19.6 Å². The van der Waals surface area contributed by atoms with Crippen LogP contribution in [0.15, 0.2) is 97.6 Å². The molecule has 2 aliphatic heterocycles. The second-order valence-corrected chi connectivity index (χ2v) is 17.5. The van der Waals surface area contributed by atoms with E-state index in [1.54, 1.807) is 52.5 Å². The number of benzene rings is 4. The van der Waals surface area contributed by atoms with Crippen LogP contribution in [0.2, 0.25) is 20.1 Å². The summed E-state index contributed by atoms with van der Waals surface area (Å²) < 4.78 is 30.4. The Kier molecular flexibility index (Phi) is 15.8. The molecule has 0 saturated carbocycles. The number of halogens is 4. The van der Waals surface area contributed by atoms with Crippen molar-refractivity contribution in [3.63, 3.8) is 0 Å². The Hall–Kier alpha value is -6.58. The van der Waals surface area contributed by atoms with Crippen LogP contribution in [0.3, 0.4) is 0 Å². The molecule has 0 N–H and O–H groups in total. The zero-order chi connectivity index (χ0) is 47.6. The minimum Gasteiger partial charge on any atom is -0.488 e. The molecule has 2 aliphatic rings. The number of pyridine rings is 2. The molecule has 4 aromatic carbocycles. The molecule has 68 heavy (non-hydrogen) atoms. The highest BCUT2D eigenvalue weighted by Crippen LogP contribution is 2.40. The van der Waals surface area contributed by atoms with E-state index in [0.717, 1.165) is 19.3 Å². The number of aromatic nitrogens is 2. The van der Waals surface area contributed by atoms with E-state index in [2.05, 4.69) is 20.9 Å². The Balaban J connectivity index is 1.01. The molecule has 0 atom stereocenters. The number of nitriles is 1. The molecule has 8 rings (SSSR count). The molecule has 2 saturated heterocycles. The van der Waals surface area contributed by atoms with Gasteiger partial charge >= 0.3 is 0 Å². The Morgan fingerprint density at radius 3 is 1.66 bits per heavy atom. The van der Waals surface area contributed by atoms with E-state index in [1.165, 1.54) is 18.5 Å². The molecule has 2 amide bonds. The third-order valence-electron chi connectivity index (χ3n) is 11.3. The maximum Gasteiger partial charge on any atom is 0.257 e. The Morgan fingerprint density at radius 1 is 0.632 bits per heavy atom. The fraction of sp³-hybridized carbons (Fsp3) is 0.255. The standard InChI is InChI=1S/C51H42Cl4N6O7/c1-57-37-18-34(26-59-27-37)29-66-45-22-47(43(53)20-41(45)51(63)61-13-15-64-16-14-61)68-31-36-8-6-10-39(49(36)55)38-9-5-7-35(48(38)54)30-67-46-21-44(65-28-33-17-32(23-56)24-58-25-33)40(19-42(46)52)50(62)60-11-3-2-4-12-60/h5-10,17-22,24-27H,2-4,11-16,28-31H2. The summed E-state index contributed by atoms with van der Waals surface area (Å²) in [5, 5.41) is 10.6. The van der Waals surface area contributed by atoms with Crippen LogP contribution in [0.5, 0.6) is 23.0 Å². The number of likely N-dealkylation sites (tertiary alicyclic amines) is 1. The Labute approximate surface area is 413 Å². The van der Waals surface area contributed by atoms with Gasteiger partial charge < -0.3 is 33.5 Å². The first kappa shape index (κ1) is 47.9. The maximum absolute atomic E-state index is 13.8. The first-order valence-corrected chi connectivity index (χ1v) is 23.2. The smallest absolute Gasteiger partial charge is 0.257 e. The van der Waals surface area contributed by atoms with Crippen LogP contribution in [-0.4, -0.2) is 71.0 Å². The largest absolute Gasteiger partial charge is 0.488 e. The fourth-order valence-corrected chi connectivity index (χ4v) is 8.74. The van der Waals surface area contributed by atoms with Crippen molar-refractivity contribution < 1.29 is 33.3 Å². The van der Waals surface area contributed by atoms with Crippen molar-refractivity contribution >= 4 is 63.9 Å². The predicted molar refractivity (Wildman–Crippen MR) is 258 cm³/mol. The lowest BCUT2D eigenvalue weighted by molar-refractivity contribution is 0.0300. The molecular weight excluding hydrogens is 950 g/mol. The van der Waals surface area contributed by atoms with E-state index in [0.29, 0.717) is 99.6 Å². The summed E-state index contributed by atoms with van der Waals surface area (Å²) in [6.07, 6.45) is 9.00. The van der Waals surface area contributed by atoms with Crippen molar-refractivity contribution in [3.8, 4) is 40.2 Å². The van der Waals surface area contributed by atoms with E-state index in [4.69, 9.17) is 76.7 Å². The van der Waals surface area contributed by atoms with E-state index >= 15 is 0 Å². The summed E-state index contributed by atoms with van der Waals surface area (Å²) in [5.41, 5.74) is 5.15. The number of amides is 2. The lowest BCUT2D eigenvalue weighted by Crippen LogP contribution is -2.40. The van der Waals surface area contributed by atoms with Gasteiger partial charge in [-0.05, 0) is 49.1 Å². The van der Waals surface area contributed by atoms with Crippen molar-refractivity contribution in [3.05, 3.63) is 168 Å². The monoisotopic (exact) mass is 990 g/mol. The lowest BCUT2D eigenvalue weighted by Gasteiger charge is -2.27. The molecule has 2 fully saturated rings. The van der Waals surface area contributed by atoms with E-state index < -0.39 is 0 Å². The number of carbonyl (C=O) groups is 2. The second kappa shape index (κ2) is 22.5. The molecule has 0 radical (unpaired) electrons. The minimum atomic E-state index is -0.266. The molecule has 6 aromatic rings. The highest BCUT2D eigenvalue weighted by Gasteiger charge is 2.26. The minimum absolute atomic E-state index is 0.000582. The normalized spacial score (nSPS) is 13.6. The number of ether oxygens (including phenoxy) is 5. The number of rotatable bonds is 15. The van der Waals surface area contributed by atoms with Crippen molar-refractivity contribution in [2.24, 2.45) is 0 Å². The molecular formula is C51H42Cl4N6O7. The topological polar surface area (TPSA) is 141 Å². The van der Waals surface area contributed by atoms with Crippen LogP contribution in [-0.2, 0) is 31.2 Å². The van der Waals surface area contributed by atoms with Crippen LogP contribution < -0.4 is 18.9 Å². The van der Waals surface area contributed by atoms with Crippen molar-refractivity contribution in [1.82, 2.24) is 19.8 Å². The van der Waals surface area contributed by atoms with Crippen LogP contribution in [0.4, 0.5) is 5.69 Å². The first-order valence-electron chi connectivity index (χ1n) is 21.6. The molecule has 346 valence electrons. The average molecular weight is 993 g/mol. The summed E-state index contributed by atoms with van der Waals surface area (Å²) in [7, 11) is 0. The van der Waals surface area contributed by atoms with Gasteiger partial charge in [-0.15, -0.1) is 0 Å².